The first-order valence-corrected chi connectivity index (χ1v) is 12.8. The Morgan fingerprint density at radius 1 is 1.06 bits per heavy atom. The number of carbonyl (C=O) groups is 2. The molecule has 2 aromatic carbocycles. The standard InChI is InChI=1S/C29H40N3O3/c1-22(2)15-20-32(25-16-18-31(19-17-25)28(33)14-13-23(3)29(30)34)26-11-7-8-12-27(26)35-21-24-9-5-4-6-10-24/h4-12,14,22-23,25H,13,15-21H2,1-3H3,(H2,30,34). The number of ether oxygens (including phenoxy) is 1. The molecule has 35 heavy (non-hydrogen) atoms. The van der Waals surface area contributed by atoms with Gasteiger partial charge < -0.3 is 20.3 Å². The average molecular weight is 479 g/mol. The van der Waals surface area contributed by atoms with Crippen LogP contribution >= 0.6 is 0 Å². The monoisotopic (exact) mass is 478 g/mol. The Labute approximate surface area is 210 Å². The summed E-state index contributed by atoms with van der Waals surface area (Å²) in [6, 6.07) is 18.9. The summed E-state index contributed by atoms with van der Waals surface area (Å²) in [5.41, 5.74) is 7.59. The van der Waals surface area contributed by atoms with E-state index in [0.29, 0.717) is 38.1 Å². The summed E-state index contributed by atoms with van der Waals surface area (Å²) in [6.07, 6.45) is 4.89. The van der Waals surface area contributed by atoms with Crippen molar-refractivity contribution in [2.24, 2.45) is 17.6 Å². The van der Waals surface area contributed by atoms with E-state index in [1.165, 1.54) is 0 Å². The topological polar surface area (TPSA) is 75.9 Å². The van der Waals surface area contributed by atoms with E-state index < -0.39 is 0 Å². The van der Waals surface area contributed by atoms with Crippen LogP contribution in [0.2, 0.25) is 0 Å². The Kier molecular flexibility index (Phi) is 10.0. The molecule has 189 valence electrons. The molecular formula is C29H40N3O3. The van der Waals surface area contributed by atoms with Gasteiger partial charge in [0.15, 0.2) is 0 Å². The van der Waals surface area contributed by atoms with Gasteiger partial charge in [-0.1, -0.05) is 63.2 Å². The first kappa shape index (κ1) is 26.6. The van der Waals surface area contributed by atoms with Gasteiger partial charge in [0.05, 0.1) is 12.1 Å². The maximum absolute atomic E-state index is 12.6. The van der Waals surface area contributed by atoms with E-state index in [1.54, 1.807) is 13.3 Å². The SMILES string of the molecule is CC(C)CCN(c1ccccc1OCc1ccccc1)C1CCN(C(=O)[CH]CC(C)C(N)=O)CC1. The molecule has 2 amide bonds. The van der Waals surface area contributed by atoms with Crippen LogP contribution in [0.5, 0.6) is 5.75 Å². The highest BCUT2D eigenvalue weighted by atomic mass is 16.5. The summed E-state index contributed by atoms with van der Waals surface area (Å²) in [6.45, 7) is 9.14. The molecule has 1 fully saturated rings. The number of primary amides is 1. The minimum Gasteiger partial charge on any atom is -0.487 e. The van der Waals surface area contributed by atoms with Gasteiger partial charge in [-0.15, -0.1) is 0 Å². The largest absolute Gasteiger partial charge is 0.487 e. The molecule has 0 saturated carbocycles. The highest BCUT2D eigenvalue weighted by Crippen LogP contribution is 2.33. The van der Waals surface area contributed by atoms with Crippen molar-refractivity contribution < 1.29 is 14.3 Å². The number of amides is 2. The van der Waals surface area contributed by atoms with E-state index in [9.17, 15) is 9.59 Å². The van der Waals surface area contributed by atoms with Crippen LogP contribution in [0, 0.1) is 18.3 Å². The normalized spacial score (nSPS) is 15.1. The van der Waals surface area contributed by atoms with Crippen molar-refractivity contribution in [1.29, 1.82) is 0 Å². The molecule has 1 atom stereocenters. The van der Waals surface area contributed by atoms with Gasteiger partial charge >= 0.3 is 0 Å². The molecule has 2 aromatic rings. The number of benzene rings is 2. The first-order chi connectivity index (χ1) is 16.8. The van der Waals surface area contributed by atoms with Gasteiger partial charge in [-0.05, 0) is 49.3 Å². The van der Waals surface area contributed by atoms with E-state index >= 15 is 0 Å². The lowest BCUT2D eigenvalue weighted by Gasteiger charge is -2.40. The predicted molar refractivity (Wildman–Crippen MR) is 141 cm³/mol. The van der Waals surface area contributed by atoms with Crippen molar-refractivity contribution in [3.63, 3.8) is 0 Å². The Hall–Kier alpha value is -3.02. The van der Waals surface area contributed by atoms with E-state index in [2.05, 4.69) is 43.0 Å². The zero-order chi connectivity index (χ0) is 25.2. The summed E-state index contributed by atoms with van der Waals surface area (Å²) in [4.78, 5) is 28.3. The molecule has 3 rings (SSSR count). The fourth-order valence-electron chi connectivity index (χ4n) is 4.37. The predicted octanol–water partition coefficient (Wildman–Crippen LogP) is 4.82. The Morgan fingerprint density at radius 3 is 2.37 bits per heavy atom. The number of hydrogen-bond acceptors (Lipinski definition) is 4. The van der Waals surface area contributed by atoms with Crippen LogP contribution in [0.25, 0.3) is 0 Å². The molecule has 0 aliphatic carbocycles. The molecular weight excluding hydrogens is 438 g/mol. The molecule has 1 unspecified atom stereocenters. The average Bonchev–Trinajstić information content (AvgIpc) is 2.87. The molecule has 0 spiro atoms. The quantitative estimate of drug-likeness (QED) is 0.474. The van der Waals surface area contributed by atoms with Crippen molar-refractivity contribution in [3.05, 3.63) is 66.6 Å². The second kappa shape index (κ2) is 13.2. The van der Waals surface area contributed by atoms with Gasteiger partial charge in [0, 0.05) is 31.6 Å². The molecule has 0 bridgehead atoms. The summed E-state index contributed by atoms with van der Waals surface area (Å²) < 4.78 is 6.29. The third-order valence-corrected chi connectivity index (χ3v) is 6.71. The van der Waals surface area contributed by atoms with Crippen molar-refractivity contribution in [1.82, 2.24) is 4.90 Å². The fourth-order valence-corrected chi connectivity index (χ4v) is 4.37. The molecule has 1 heterocycles. The van der Waals surface area contributed by atoms with E-state index in [4.69, 9.17) is 10.5 Å². The number of piperidine rings is 1. The lowest BCUT2D eigenvalue weighted by Crippen LogP contribution is -2.47. The minimum absolute atomic E-state index is 0.00289. The van der Waals surface area contributed by atoms with Gasteiger partial charge in [0.1, 0.15) is 12.4 Å². The lowest BCUT2D eigenvalue weighted by atomic mass is 9.99. The van der Waals surface area contributed by atoms with Gasteiger partial charge in [-0.25, -0.2) is 0 Å². The third kappa shape index (κ3) is 8.01. The fraction of sp³-hybridized carbons (Fsp3) is 0.483. The number of hydrogen-bond donors (Lipinski definition) is 1. The number of nitrogens with zero attached hydrogens (tertiary/aromatic N) is 2. The van der Waals surface area contributed by atoms with Crippen LogP contribution in [0.15, 0.2) is 54.6 Å². The Morgan fingerprint density at radius 2 is 1.71 bits per heavy atom. The molecule has 2 N–H and O–H groups in total. The van der Waals surface area contributed by atoms with Crippen molar-refractivity contribution >= 4 is 17.5 Å². The van der Waals surface area contributed by atoms with Crippen molar-refractivity contribution in [2.45, 2.75) is 59.1 Å². The van der Waals surface area contributed by atoms with Gasteiger partial charge in [0.25, 0.3) is 0 Å². The molecule has 1 radical (unpaired) electrons. The molecule has 1 saturated heterocycles. The minimum atomic E-state index is -0.373. The second-order valence-corrected chi connectivity index (χ2v) is 9.92. The number of para-hydroxylation sites is 2. The van der Waals surface area contributed by atoms with Crippen LogP contribution < -0.4 is 15.4 Å². The van der Waals surface area contributed by atoms with E-state index in [-0.39, 0.29) is 17.7 Å². The molecule has 1 aliphatic heterocycles. The summed E-state index contributed by atoms with van der Waals surface area (Å²) in [5, 5.41) is 0. The number of likely N-dealkylation sites (tertiary alicyclic amines) is 1. The highest BCUT2D eigenvalue weighted by molar-refractivity contribution is 5.86. The Bertz CT molecular complexity index is 939. The van der Waals surface area contributed by atoms with Crippen LogP contribution in [0.1, 0.15) is 52.0 Å². The summed E-state index contributed by atoms with van der Waals surface area (Å²) in [5.74, 6) is 0.791. The van der Waals surface area contributed by atoms with Gasteiger partial charge in [-0.2, -0.15) is 0 Å². The number of nitrogens with two attached hydrogens (primary N) is 1. The summed E-state index contributed by atoms with van der Waals surface area (Å²) >= 11 is 0. The van der Waals surface area contributed by atoms with Crippen LogP contribution in [-0.2, 0) is 16.2 Å². The maximum Gasteiger partial charge on any atom is 0.226 e. The van der Waals surface area contributed by atoms with Gasteiger partial charge in [0.2, 0.25) is 11.8 Å². The lowest BCUT2D eigenvalue weighted by molar-refractivity contribution is -0.129. The highest BCUT2D eigenvalue weighted by Gasteiger charge is 2.29. The van der Waals surface area contributed by atoms with Crippen LogP contribution in [-0.4, -0.2) is 42.4 Å². The number of rotatable bonds is 12. The second-order valence-electron chi connectivity index (χ2n) is 9.92. The Balaban J connectivity index is 1.67. The smallest absolute Gasteiger partial charge is 0.226 e. The van der Waals surface area contributed by atoms with E-state index in [0.717, 1.165) is 42.8 Å². The molecule has 6 nitrogen and oxygen atoms in total. The van der Waals surface area contributed by atoms with Gasteiger partial charge in [-0.3, -0.25) is 9.59 Å². The molecule has 6 heteroatoms. The molecule has 0 aromatic heterocycles. The number of anilines is 1. The zero-order valence-corrected chi connectivity index (χ0v) is 21.4. The molecule has 1 aliphatic rings. The van der Waals surface area contributed by atoms with Crippen molar-refractivity contribution in [2.75, 3.05) is 24.5 Å². The third-order valence-electron chi connectivity index (χ3n) is 6.71. The number of carbonyl (C=O) groups excluding carboxylic acids is 2. The van der Waals surface area contributed by atoms with Crippen LogP contribution in [0.3, 0.4) is 0 Å². The van der Waals surface area contributed by atoms with Crippen molar-refractivity contribution in [3.8, 4) is 5.75 Å². The summed E-state index contributed by atoms with van der Waals surface area (Å²) in [7, 11) is 0. The first-order valence-electron chi connectivity index (χ1n) is 12.8. The van der Waals surface area contributed by atoms with E-state index in [1.807, 2.05) is 35.2 Å². The van der Waals surface area contributed by atoms with Crippen LogP contribution in [0.4, 0.5) is 5.69 Å². The zero-order valence-electron chi connectivity index (χ0n) is 21.4. The maximum atomic E-state index is 12.6.